The zero-order chi connectivity index (χ0) is 14.3. The summed E-state index contributed by atoms with van der Waals surface area (Å²) in [5, 5.41) is 0. The topological polar surface area (TPSA) is 46.2 Å². The van der Waals surface area contributed by atoms with Gasteiger partial charge in [0.1, 0.15) is 12.2 Å². The molecule has 0 amide bonds. The molecule has 0 rings (SSSR count). The maximum absolute atomic E-state index is 5.86. The highest BCUT2D eigenvalue weighted by Gasteiger charge is 2.17. The van der Waals surface area contributed by atoms with Crippen molar-refractivity contribution >= 4 is 0 Å². The van der Waals surface area contributed by atoms with Gasteiger partial charge in [-0.05, 0) is 0 Å². The SMILES string of the molecule is C=CCOCC(COC)OC(COC)COCC=C. The van der Waals surface area contributed by atoms with Crippen LogP contribution in [0, 0.1) is 0 Å². The van der Waals surface area contributed by atoms with Crippen molar-refractivity contribution in [2.75, 3.05) is 53.9 Å². The first-order valence-electron chi connectivity index (χ1n) is 6.29. The van der Waals surface area contributed by atoms with Gasteiger partial charge < -0.3 is 23.7 Å². The molecule has 0 saturated heterocycles. The molecule has 19 heavy (non-hydrogen) atoms. The van der Waals surface area contributed by atoms with Gasteiger partial charge in [-0.2, -0.15) is 0 Å². The van der Waals surface area contributed by atoms with E-state index in [0.717, 1.165) is 0 Å². The fraction of sp³-hybridized carbons (Fsp3) is 0.714. The first-order chi connectivity index (χ1) is 9.28. The zero-order valence-electron chi connectivity index (χ0n) is 12.0. The van der Waals surface area contributed by atoms with Crippen molar-refractivity contribution in [1.29, 1.82) is 0 Å². The van der Waals surface area contributed by atoms with Crippen LogP contribution in [0.5, 0.6) is 0 Å². The minimum Gasteiger partial charge on any atom is -0.382 e. The highest BCUT2D eigenvalue weighted by Crippen LogP contribution is 2.03. The van der Waals surface area contributed by atoms with E-state index in [9.17, 15) is 0 Å². The minimum atomic E-state index is -0.155. The van der Waals surface area contributed by atoms with Gasteiger partial charge in [0.25, 0.3) is 0 Å². The van der Waals surface area contributed by atoms with E-state index in [1.165, 1.54) is 0 Å². The fourth-order valence-electron chi connectivity index (χ4n) is 1.46. The Bertz CT molecular complexity index is 198. The Labute approximate surface area is 116 Å². The Hall–Kier alpha value is -0.720. The molecule has 0 aliphatic rings. The number of methoxy groups -OCH3 is 2. The third-order valence-electron chi connectivity index (χ3n) is 2.17. The highest BCUT2D eigenvalue weighted by atomic mass is 16.6. The van der Waals surface area contributed by atoms with Crippen molar-refractivity contribution in [2.24, 2.45) is 0 Å². The van der Waals surface area contributed by atoms with Gasteiger partial charge in [0, 0.05) is 14.2 Å². The Morgan fingerprint density at radius 2 is 1.21 bits per heavy atom. The Balaban J connectivity index is 4.11. The molecule has 0 spiro atoms. The molecule has 0 radical (unpaired) electrons. The lowest BCUT2D eigenvalue weighted by atomic mass is 10.3. The van der Waals surface area contributed by atoms with Gasteiger partial charge in [-0.25, -0.2) is 0 Å². The summed E-state index contributed by atoms with van der Waals surface area (Å²) in [4.78, 5) is 0. The van der Waals surface area contributed by atoms with E-state index in [0.29, 0.717) is 39.6 Å². The third-order valence-corrected chi connectivity index (χ3v) is 2.17. The average molecular weight is 274 g/mol. The van der Waals surface area contributed by atoms with Gasteiger partial charge in [-0.15, -0.1) is 13.2 Å². The summed E-state index contributed by atoms with van der Waals surface area (Å²) < 4.78 is 26.8. The van der Waals surface area contributed by atoms with Crippen molar-refractivity contribution in [2.45, 2.75) is 12.2 Å². The molecule has 5 nitrogen and oxygen atoms in total. The van der Waals surface area contributed by atoms with E-state index >= 15 is 0 Å². The van der Waals surface area contributed by atoms with Crippen LogP contribution < -0.4 is 0 Å². The van der Waals surface area contributed by atoms with E-state index in [1.807, 2.05) is 0 Å². The zero-order valence-corrected chi connectivity index (χ0v) is 12.0. The van der Waals surface area contributed by atoms with Gasteiger partial charge in [-0.1, -0.05) is 12.2 Å². The summed E-state index contributed by atoms with van der Waals surface area (Å²) in [5.74, 6) is 0. The summed E-state index contributed by atoms with van der Waals surface area (Å²) in [6.45, 7) is 9.98. The maximum atomic E-state index is 5.86. The molecule has 0 aromatic carbocycles. The molecule has 0 bridgehead atoms. The highest BCUT2D eigenvalue weighted by molar-refractivity contribution is 4.68. The number of ether oxygens (including phenoxy) is 5. The second kappa shape index (κ2) is 13.7. The molecule has 0 fully saturated rings. The van der Waals surface area contributed by atoms with E-state index in [4.69, 9.17) is 23.7 Å². The molecular weight excluding hydrogens is 248 g/mol. The second-order valence-electron chi connectivity index (χ2n) is 3.94. The van der Waals surface area contributed by atoms with Gasteiger partial charge in [0.2, 0.25) is 0 Å². The van der Waals surface area contributed by atoms with Crippen LogP contribution in [-0.2, 0) is 23.7 Å². The molecule has 5 heteroatoms. The third kappa shape index (κ3) is 10.9. The first kappa shape index (κ1) is 18.3. The van der Waals surface area contributed by atoms with Gasteiger partial charge in [0.05, 0.1) is 39.6 Å². The lowest BCUT2D eigenvalue weighted by Gasteiger charge is -2.23. The molecule has 0 aromatic rings. The monoisotopic (exact) mass is 274 g/mol. The van der Waals surface area contributed by atoms with Crippen LogP contribution >= 0.6 is 0 Å². The molecule has 112 valence electrons. The standard InChI is InChI=1S/C14H26O5/c1-5-7-17-11-13(9-15-3)19-14(10-16-4)12-18-8-6-2/h5-6,13-14H,1-2,7-12H2,3-4H3. The average Bonchev–Trinajstić information content (AvgIpc) is 2.39. The summed E-state index contributed by atoms with van der Waals surface area (Å²) in [6, 6.07) is 0. The number of hydrogen-bond acceptors (Lipinski definition) is 5. The van der Waals surface area contributed by atoms with Crippen LogP contribution in [0.25, 0.3) is 0 Å². The Morgan fingerprint density at radius 3 is 1.53 bits per heavy atom. The van der Waals surface area contributed by atoms with E-state index < -0.39 is 0 Å². The quantitative estimate of drug-likeness (QED) is 0.354. The fourth-order valence-corrected chi connectivity index (χ4v) is 1.46. The predicted molar refractivity (Wildman–Crippen MR) is 74.4 cm³/mol. The molecule has 2 atom stereocenters. The molecule has 0 aliphatic carbocycles. The van der Waals surface area contributed by atoms with Gasteiger partial charge in [-0.3, -0.25) is 0 Å². The molecule has 0 aliphatic heterocycles. The number of hydrogen-bond donors (Lipinski definition) is 0. The van der Waals surface area contributed by atoms with Crippen LogP contribution in [0.4, 0.5) is 0 Å². The predicted octanol–water partition coefficient (Wildman–Crippen LogP) is 1.44. The Morgan fingerprint density at radius 1 is 0.789 bits per heavy atom. The maximum Gasteiger partial charge on any atom is 0.105 e. The summed E-state index contributed by atoms with van der Waals surface area (Å²) in [7, 11) is 3.26. The summed E-state index contributed by atoms with van der Waals surface area (Å²) in [5.41, 5.74) is 0. The second-order valence-corrected chi connectivity index (χ2v) is 3.94. The van der Waals surface area contributed by atoms with Crippen molar-refractivity contribution in [1.82, 2.24) is 0 Å². The van der Waals surface area contributed by atoms with E-state index in [2.05, 4.69) is 13.2 Å². The summed E-state index contributed by atoms with van der Waals surface area (Å²) >= 11 is 0. The normalized spacial score (nSPS) is 14.0. The van der Waals surface area contributed by atoms with Crippen LogP contribution in [-0.4, -0.2) is 66.1 Å². The molecular formula is C14H26O5. The van der Waals surface area contributed by atoms with Gasteiger partial charge in [0.15, 0.2) is 0 Å². The van der Waals surface area contributed by atoms with Crippen molar-refractivity contribution in [3.05, 3.63) is 25.3 Å². The summed E-state index contributed by atoms with van der Waals surface area (Å²) in [6.07, 6.45) is 3.09. The van der Waals surface area contributed by atoms with Crippen molar-refractivity contribution < 1.29 is 23.7 Å². The molecule has 2 unspecified atom stereocenters. The van der Waals surface area contributed by atoms with Crippen LogP contribution in [0.1, 0.15) is 0 Å². The molecule has 0 saturated carbocycles. The number of rotatable bonds is 14. The van der Waals surface area contributed by atoms with Crippen LogP contribution in [0.3, 0.4) is 0 Å². The molecule has 0 N–H and O–H groups in total. The van der Waals surface area contributed by atoms with Gasteiger partial charge >= 0.3 is 0 Å². The largest absolute Gasteiger partial charge is 0.382 e. The van der Waals surface area contributed by atoms with E-state index in [1.54, 1.807) is 26.4 Å². The van der Waals surface area contributed by atoms with E-state index in [-0.39, 0.29) is 12.2 Å². The Kier molecular flexibility index (Phi) is 13.2. The smallest absolute Gasteiger partial charge is 0.105 e. The van der Waals surface area contributed by atoms with Crippen molar-refractivity contribution in [3.63, 3.8) is 0 Å². The lowest BCUT2D eigenvalue weighted by molar-refractivity contribution is -0.119. The van der Waals surface area contributed by atoms with Crippen molar-refractivity contribution in [3.8, 4) is 0 Å². The molecule has 0 aromatic heterocycles. The van der Waals surface area contributed by atoms with Crippen LogP contribution in [0.2, 0.25) is 0 Å². The molecule has 0 heterocycles. The minimum absolute atomic E-state index is 0.155. The van der Waals surface area contributed by atoms with Crippen LogP contribution in [0.15, 0.2) is 25.3 Å². The lowest BCUT2D eigenvalue weighted by Crippen LogP contribution is -2.35. The first-order valence-corrected chi connectivity index (χ1v) is 6.29.